The summed E-state index contributed by atoms with van der Waals surface area (Å²) < 4.78 is 22.9. The van der Waals surface area contributed by atoms with Crippen LogP contribution in [-0.4, -0.2) is 0 Å². The molecule has 4 rings (SSSR count). The Bertz CT molecular complexity index is 1150. The van der Waals surface area contributed by atoms with Gasteiger partial charge in [0, 0.05) is 22.9 Å². The quantitative estimate of drug-likeness (QED) is 0.488. The van der Waals surface area contributed by atoms with Crippen LogP contribution in [0.3, 0.4) is 0 Å². The Hall–Kier alpha value is -3.19. The zero-order chi connectivity index (χ0) is 16.8. The first kappa shape index (κ1) is 14.4. The molecule has 0 aliphatic carbocycles. The molecule has 24 heavy (non-hydrogen) atoms. The number of furan rings is 1. The number of fused-ring (bicyclic) bond motifs is 3. The number of halogens is 1. The lowest BCUT2D eigenvalue weighted by Gasteiger charge is -2.06. The predicted octanol–water partition coefficient (Wildman–Crippen LogP) is 4.40. The van der Waals surface area contributed by atoms with Crippen molar-refractivity contribution in [2.75, 3.05) is 0 Å². The van der Waals surface area contributed by atoms with Crippen molar-refractivity contribution >= 4 is 21.9 Å². The number of benzene rings is 2. The third-order valence-corrected chi connectivity index (χ3v) is 4.36. The van der Waals surface area contributed by atoms with E-state index in [-0.39, 0.29) is 5.58 Å². The summed E-state index contributed by atoms with van der Waals surface area (Å²) >= 11 is 0. The lowest BCUT2D eigenvalue weighted by atomic mass is 10.00. The third-order valence-electron chi connectivity index (χ3n) is 4.36. The number of hydrogen-bond acceptors (Lipinski definition) is 2. The summed E-state index contributed by atoms with van der Waals surface area (Å²) in [7, 11) is 1.88. The van der Waals surface area contributed by atoms with Crippen LogP contribution in [0, 0.1) is 24.1 Å². The van der Waals surface area contributed by atoms with Crippen molar-refractivity contribution in [1.82, 2.24) is 0 Å². The van der Waals surface area contributed by atoms with Crippen molar-refractivity contribution in [2.45, 2.75) is 6.92 Å². The molecule has 0 amide bonds. The van der Waals surface area contributed by atoms with Gasteiger partial charge in [0.1, 0.15) is 13.1 Å². The van der Waals surface area contributed by atoms with Crippen LogP contribution >= 0.6 is 0 Å². The molecule has 0 spiro atoms. The van der Waals surface area contributed by atoms with E-state index < -0.39 is 5.82 Å². The Morgan fingerprint density at radius 3 is 2.67 bits per heavy atom. The fourth-order valence-electron chi connectivity index (χ4n) is 3.21. The van der Waals surface area contributed by atoms with E-state index in [1.807, 2.05) is 55.1 Å². The minimum Gasteiger partial charge on any atom is -0.452 e. The maximum atomic E-state index is 15.3. The van der Waals surface area contributed by atoms with Crippen molar-refractivity contribution < 1.29 is 13.4 Å². The van der Waals surface area contributed by atoms with Crippen LogP contribution in [0.15, 0.2) is 53.1 Å². The van der Waals surface area contributed by atoms with Crippen LogP contribution in [0.1, 0.15) is 11.1 Å². The van der Waals surface area contributed by atoms with E-state index in [1.165, 1.54) is 0 Å². The molecular weight excluding hydrogens is 303 g/mol. The lowest BCUT2D eigenvalue weighted by molar-refractivity contribution is -0.660. The van der Waals surface area contributed by atoms with Gasteiger partial charge in [-0.3, -0.25) is 0 Å². The topological polar surface area (TPSA) is 40.8 Å². The molecule has 2 aromatic carbocycles. The highest BCUT2D eigenvalue weighted by Crippen LogP contribution is 2.37. The van der Waals surface area contributed by atoms with Crippen LogP contribution < -0.4 is 4.57 Å². The molecule has 0 atom stereocenters. The van der Waals surface area contributed by atoms with Crippen LogP contribution in [0.2, 0.25) is 0 Å². The molecule has 0 fully saturated rings. The Morgan fingerprint density at radius 1 is 1.08 bits per heavy atom. The minimum absolute atomic E-state index is 0.192. The highest BCUT2D eigenvalue weighted by Gasteiger charge is 2.23. The van der Waals surface area contributed by atoms with Crippen LogP contribution in [0.4, 0.5) is 4.39 Å². The highest BCUT2D eigenvalue weighted by atomic mass is 19.1. The maximum Gasteiger partial charge on any atom is 0.215 e. The number of hydrogen-bond donors (Lipinski definition) is 0. The molecule has 0 aliphatic heterocycles. The van der Waals surface area contributed by atoms with Gasteiger partial charge >= 0.3 is 0 Å². The molecular formula is C20H14FN2O+. The molecule has 4 heteroatoms. The standard InChI is InChI=1S/C20H14FN2O/c1-12-10-15-14-7-5-6-13(11-22)19(14)24-20(15)18(21)17(12)16-8-3-4-9-23(16)2/h3-10H,1-2H3/q+1. The van der Waals surface area contributed by atoms with Crippen LogP contribution in [0.25, 0.3) is 33.2 Å². The highest BCUT2D eigenvalue weighted by molar-refractivity contribution is 6.08. The summed E-state index contributed by atoms with van der Waals surface area (Å²) in [4.78, 5) is 0. The number of nitrogens with zero attached hydrogens (tertiary/aromatic N) is 2. The van der Waals surface area contributed by atoms with E-state index in [0.717, 1.165) is 16.6 Å². The molecule has 0 bridgehead atoms. The van der Waals surface area contributed by atoms with Gasteiger partial charge in [-0.15, -0.1) is 0 Å². The Balaban J connectivity index is 2.15. The summed E-state index contributed by atoms with van der Waals surface area (Å²) in [6, 6.07) is 15.0. The molecule has 116 valence electrons. The van der Waals surface area contributed by atoms with Gasteiger partial charge in [-0.05, 0) is 30.7 Å². The van der Waals surface area contributed by atoms with Crippen molar-refractivity contribution in [2.24, 2.45) is 7.05 Å². The second-order valence-electron chi connectivity index (χ2n) is 5.85. The largest absolute Gasteiger partial charge is 0.452 e. The molecule has 0 N–H and O–H groups in total. The van der Waals surface area contributed by atoms with E-state index >= 15 is 4.39 Å². The molecule has 2 aromatic heterocycles. The van der Waals surface area contributed by atoms with Gasteiger partial charge in [-0.2, -0.15) is 5.26 Å². The normalized spacial score (nSPS) is 11.1. The zero-order valence-electron chi connectivity index (χ0n) is 13.3. The Labute approximate surface area is 138 Å². The molecule has 2 heterocycles. The smallest absolute Gasteiger partial charge is 0.215 e. The van der Waals surface area contributed by atoms with Gasteiger partial charge in [0.25, 0.3) is 0 Å². The number of rotatable bonds is 1. The summed E-state index contributed by atoms with van der Waals surface area (Å²) in [6.45, 7) is 1.89. The fourth-order valence-corrected chi connectivity index (χ4v) is 3.21. The van der Waals surface area contributed by atoms with Crippen molar-refractivity contribution in [3.63, 3.8) is 0 Å². The van der Waals surface area contributed by atoms with Gasteiger partial charge in [-0.1, -0.05) is 12.1 Å². The number of para-hydroxylation sites is 1. The van der Waals surface area contributed by atoms with E-state index in [4.69, 9.17) is 4.42 Å². The fraction of sp³-hybridized carbons (Fsp3) is 0.100. The first-order chi connectivity index (χ1) is 11.6. The molecule has 0 aliphatic rings. The first-order valence-electron chi connectivity index (χ1n) is 7.61. The Morgan fingerprint density at radius 2 is 1.92 bits per heavy atom. The number of pyridine rings is 1. The number of aryl methyl sites for hydroxylation is 2. The lowest BCUT2D eigenvalue weighted by Crippen LogP contribution is -2.30. The first-order valence-corrected chi connectivity index (χ1v) is 7.61. The second kappa shape index (κ2) is 5.17. The van der Waals surface area contributed by atoms with Gasteiger partial charge in [0.15, 0.2) is 23.2 Å². The van der Waals surface area contributed by atoms with E-state index in [1.54, 1.807) is 12.1 Å². The molecule has 0 unspecified atom stereocenters. The van der Waals surface area contributed by atoms with Gasteiger partial charge < -0.3 is 4.42 Å². The zero-order valence-corrected chi connectivity index (χ0v) is 13.3. The predicted molar refractivity (Wildman–Crippen MR) is 89.7 cm³/mol. The maximum absolute atomic E-state index is 15.3. The van der Waals surface area contributed by atoms with Crippen molar-refractivity contribution in [3.05, 3.63) is 65.6 Å². The van der Waals surface area contributed by atoms with Gasteiger partial charge in [0.2, 0.25) is 5.69 Å². The summed E-state index contributed by atoms with van der Waals surface area (Å²) in [5.41, 5.74) is 3.15. The second-order valence-corrected chi connectivity index (χ2v) is 5.85. The molecule has 0 saturated carbocycles. The van der Waals surface area contributed by atoms with Gasteiger partial charge in [0.05, 0.1) is 11.1 Å². The van der Waals surface area contributed by atoms with Crippen molar-refractivity contribution in [3.8, 4) is 17.3 Å². The monoisotopic (exact) mass is 317 g/mol. The van der Waals surface area contributed by atoms with E-state index in [0.29, 0.717) is 22.1 Å². The van der Waals surface area contributed by atoms with Gasteiger partial charge in [-0.25, -0.2) is 8.96 Å². The third kappa shape index (κ3) is 1.92. The van der Waals surface area contributed by atoms with E-state index in [9.17, 15) is 5.26 Å². The summed E-state index contributed by atoms with van der Waals surface area (Å²) in [6.07, 6.45) is 1.88. The molecule has 0 saturated heterocycles. The SMILES string of the molecule is Cc1cc2c(oc3c(C#N)cccc32)c(F)c1-c1cccc[n+]1C. The molecule has 4 aromatic rings. The van der Waals surface area contributed by atoms with Crippen molar-refractivity contribution in [1.29, 1.82) is 5.26 Å². The minimum atomic E-state index is -0.396. The van der Waals surface area contributed by atoms with E-state index in [2.05, 4.69) is 6.07 Å². The summed E-state index contributed by atoms with van der Waals surface area (Å²) in [5, 5.41) is 10.7. The number of aromatic nitrogens is 1. The average molecular weight is 317 g/mol. The molecule has 0 radical (unpaired) electrons. The Kier molecular flexibility index (Phi) is 3.10. The number of nitriles is 1. The molecule has 3 nitrogen and oxygen atoms in total. The van der Waals surface area contributed by atoms with Crippen LogP contribution in [-0.2, 0) is 7.05 Å². The summed E-state index contributed by atoms with van der Waals surface area (Å²) in [5.74, 6) is -0.396. The van der Waals surface area contributed by atoms with Crippen LogP contribution in [0.5, 0.6) is 0 Å². The average Bonchev–Trinajstić information content (AvgIpc) is 2.95.